The summed E-state index contributed by atoms with van der Waals surface area (Å²) >= 11 is 0. The number of halogens is 1. The number of esters is 1. The average molecular weight is 382 g/mol. The van der Waals surface area contributed by atoms with Gasteiger partial charge in [0.2, 0.25) is 0 Å². The molecule has 0 aliphatic heterocycles. The number of carbonyl (C=O) groups is 2. The number of nitrogens with one attached hydrogen (secondary N) is 2. The number of benzene rings is 2. The highest BCUT2D eigenvalue weighted by molar-refractivity contribution is 7.89. The van der Waals surface area contributed by atoms with Gasteiger partial charge in [-0.2, -0.15) is 0 Å². The average Bonchev–Trinajstić information content (AvgIpc) is 2.61. The van der Waals surface area contributed by atoms with Crippen LogP contribution in [0.25, 0.3) is 0 Å². The molecule has 0 aromatic heterocycles. The zero-order chi connectivity index (χ0) is 19.0. The van der Waals surface area contributed by atoms with Gasteiger partial charge in [0.05, 0.1) is 4.90 Å². The quantitative estimate of drug-likeness (QED) is 0.525. The van der Waals surface area contributed by atoms with Gasteiger partial charge in [-0.15, -0.1) is 0 Å². The Bertz CT molecular complexity index is 856. The second-order valence-electron chi connectivity index (χ2n) is 4.90. The topological polar surface area (TPSA) is 111 Å². The summed E-state index contributed by atoms with van der Waals surface area (Å²) in [7, 11) is -4.07. The van der Waals surface area contributed by atoms with E-state index in [4.69, 9.17) is 0 Å². The van der Waals surface area contributed by atoms with E-state index in [-0.39, 0.29) is 4.90 Å². The molecule has 138 valence electrons. The molecule has 0 saturated carbocycles. The molecule has 2 rings (SSSR count). The van der Waals surface area contributed by atoms with E-state index in [1.54, 1.807) is 35.2 Å². The van der Waals surface area contributed by atoms with Crippen LogP contribution >= 0.6 is 0 Å². The molecule has 2 N–H and O–H groups in total. The lowest BCUT2D eigenvalue weighted by Crippen LogP contribution is -2.29. The highest BCUT2D eigenvalue weighted by Crippen LogP contribution is 2.09. The number of rotatable bonds is 8. The maximum absolute atomic E-state index is 12.8. The van der Waals surface area contributed by atoms with Gasteiger partial charge in [-0.05, 0) is 36.4 Å². The summed E-state index contributed by atoms with van der Waals surface area (Å²) in [5.74, 6) is -2.10. The van der Waals surface area contributed by atoms with Crippen molar-refractivity contribution < 1.29 is 32.0 Å². The summed E-state index contributed by atoms with van der Waals surface area (Å²) in [6.45, 7) is -1.30. The van der Waals surface area contributed by atoms with Crippen LogP contribution in [0, 0.1) is 5.82 Å². The van der Waals surface area contributed by atoms with E-state index < -0.39 is 40.9 Å². The molecule has 2 aromatic carbocycles. The molecule has 0 saturated heterocycles. The van der Waals surface area contributed by atoms with E-state index in [1.807, 2.05) is 0 Å². The SMILES string of the molecule is O=C(COC(=O)CONS(=O)(=O)c1ccc(F)cc1)Nc1ccccc1. The molecule has 0 heterocycles. The summed E-state index contributed by atoms with van der Waals surface area (Å²) < 4.78 is 41.1. The van der Waals surface area contributed by atoms with Gasteiger partial charge in [-0.25, -0.2) is 17.6 Å². The Hall–Kier alpha value is -2.82. The number of carbonyl (C=O) groups excluding carboxylic acids is 2. The Morgan fingerprint density at radius 2 is 1.62 bits per heavy atom. The van der Waals surface area contributed by atoms with Gasteiger partial charge >= 0.3 is 5.97 Å². The number of hydrogen-bond donors (Lipinski definition) is 2. The molecule has 0 fully saturated rings. The molecule has 0 spiro atoms. The minimum absolute atomic E-state index is 0.241. The van der Waals surface area contributed by atoms with Crippen LogP contribution in [-0.2, 0) is 29.2 Å². The lowest BCUT2D eigenvalue weighted by molar-refractivity contribution is -0.152. The first-order chi connectivity index (χ1) is 12.4. The van der Waals surface area contributed by atoms with E-state index in [1.165, 1.54) is 0 Å². The smallest absolute Gasteiger partial charge is 0.334 e. The van der Waals surface area contributed by atoms with Crippen molar-refractivity contribution in [3.05, 3.63) is 60.4 Å². The van der Waals surface area contributed by atoms with Gasteiger partial charge in [-0.1, -0.05) is 23.1 Å². The Labute approximate surface area is 148 Å². The summed E-state index contributed by atoms with van der Waals surface area (Å²) in [5.41, 5.74) is 0.539. The minimum Gasteiger partial charge on any atom is -0.454 e. The Morgan fingerprint density at radius 1 is 0.962 bits per heavy atom. The number of para-hydroxylation sites is 1. The summed E-state index contributed by atoms with van der Waals surface area (Å²) in [6.07, 6.45) is 0. The van der Waals surface area contributed by atoms with Crippen LogP contribution in [0.5, 0.6) is 0 Å². The highest BCUT2D eigenvalue weighted by Gasteiger charge is 2.15. The number of ether oxygens (including phenoxy) is 1. The zero-order valence-electron chi connectivity index (χ0n) is 13.3. The molecule has 0 bridgehead atoms. The van der Waals surface area contributed by atoms with Crippen molar-refractivity contribution in [3.8, 4) is 0 Å². The maximum Gasteiger partial charge on any atom is 0.334 e. The third kappa shape index (κ3) is 6.24. The van der Waals surface area contributed by atoms with Gasteiger partial charge in [0.15, 0.2) is 13.2 Å². The predicted molar refractivity (Wildman–Crippen MR) is 88.7 cm³/mol. The molecule has 1 amide bonds. The van der Waals surface area contributed by atoms with Crippen molar-refractivity contribution in [2.45, 2.75) is 4.90 Å². The zero-order valence-corrected chi connectivity index (χ0v) is 14.2. The first kappa shape index (κ1) is 19.5. The molecule has 26 heavy (non-hydrogen) atoms. The van der Waals surface area contributed by atoms with Crippen molar-refractivity contribution in [2.75, 3.05) is 18.5 Å². The lowest BCUT2D eigenvalue weighted by atomic mass is 10.3. The number of amides is 1. The summed E-state index contributed by atoms with van der Waals surface area (Å²) in [6, 6.07) is 12.6. The molecule has 0 aliphatic carbocycles. The fraction of sp³-hybridized carbons (Fsp3) is 0.125. The summed E-state index contributed by atoms with van der Waals surface area (Å²) in [5, 5.41) is 2.50. The van der Waals surface area contributed by atoms with Crippen molar-refractivity contribution in [1.29, 1.82) is 0 Å². The Kier molecular flexibility index (Phi) is 6.78. The van der Waals surface area contributed by atoms with E-state index in [2.05, 4.69) is 14.9 Å². The molecule has 10 heteroatoms. The molecule has 0 atom stereocenters. The standard InChI is InChI=1S/C16H15FN2O6S/c17-12-6-8-14(9-7-12)26(22,23)19-25-11-16(21)24-10-15(20)18-13-4-2-1-3-5-13/h1-9,19H,10-11H2,(H,18,20). The van der Waals surface area contributed by atoms with Crippen LogP contribution in [0.2, 0.25) is 0 Å². The minimum atomic E-state index is -4.07. The number of hydrogen-bond acceptors (Lipinski definition) is 6. The van der Waals surface area contributed by atoms with Crippen LogP contribution in [0.4, 0.5) is 10.1 Å². The van der Waals surface area contributed by atoms with Crippen LogP contribution in [-0.4, -0.2) is 33.5 Å². The van der Waals surface area contributed by atoms with Gasteiger partial charge in [0, 0.05) is 5.69 Å². The van der Waals surface area contributed by atoms with Crippen molar-refractivity contribution in [3.63, 3.8) is 0 Å². The van der Waals surface area contributed by atoms with Gasteiger partial charge in [0.25, 0.3) is 15.9 Å². The van der Waals surface area contributed by atoms with Crippen molar-refractivity contribution in [1.82, 2.24) is 4.89 Å². The number of anilines is 1. The van der Waals surface area contributed by atoms with Crippen molar-refractivity contribution >= 4 is 27.6 Å². The van der Waals surface area contributed by atoms with Crippen LogP contribution in [0.15, 0.2) is 59.5 Å². The molecule has 0 unspecified atom stereocenters. The molecular formula is C16H15FN2O6S. The fourth-order valence-corrected chi connectivity index (χ4v) is 2.54. The van der Waals surface area contributed by atoms with E-state index in [0.717, 1.165) is 24.3 Å². The van der Waals surface area contributed by atoms with Gasteiger partial charge in [0.1, 0.15) is 5.82 Å². The maximum atomic E-state index is 12.8. The van der Waals surface area contributed by atoms with Gasteiger partial charge < -0.3 is 10.1 Å². The monoisotopic (exact) mass is 382 g/mol. The Balaban J connectivity index is 1.71. The molecule has 8 nitrogen and oxygen atoms in total. The number of sulfonamides is 1. The molecule has 0 radical (unpaired) electrons. The first-order valence-electron chi connectivity index (χ1n) is 7.26. The van der Waals surface area contributed by atoms with E-state index >= 15 is 0 Å². The third-order valence-corrected chi connectivity index (χ3v) is 4.13. The fourth-order valence-electron chi connectivity index (χ4n) is 1.73. The van der Waals surface area contributed by atoms with E-state index in [0.29, 0.717) is 5.69 Å². The lowest BCUT2D eigenvalue weighted by Gasteiger charge is -2.08. The predicted octanol–water partition coefficient (Wildman–Crippen LogP) is 1.22. The van der Waals surface area contributed by atoms with E-state index in [9.17, 15) is 22.4 Å². The largest absolute Gasteiger partial charge is 0.454 e. The third-order valence-electron chi connectivity index (χ3n) is 2.90. The molecule has 0 aliphatic rings. The molecule has 2 aromatic rings. The normalized spacial score (nSPS) is 11.0. The van der Waals surface area contributed by atoms with Gasteiger partial charge in [-0.3, -0.25) is 9.63 Å². The second-order valence-corrected chi connectivity index (χ2v) is 6.55. The van der Waals surface area contributed by atoms with Crippen LogP contribution in [0.1, 0.15) is 0 Å². The van der Waals surface area contributed by atoms with Crippen LogP contribution < -0.4 is 10.2 Å². The summed E-state index contributed by atoms with van der Waals surface area (Å²) in [4.78, 5) is 29.1. The van der Waals surface area contributed by atoms with Crippen molar-refractivity contribution in [2.24, 2.45) is 0 Å². The second kappa shape index (κ2) is 9.04. The van der Waals surface area contributed by atoms with Crippen LogP contribution in [0.3, 0.4) is 0 Å². The first-order valence-corrected chi connectivity index (χ1v) is 8.75. The Morgan fingerprint density at radius 3 is 2.27 bits per heavy atom. The highest BCUT2D eigenvalue weighted by atomic mass is 32.2. The molecular weight excluding hydrogens is 367 g/mol.